The molecule has 1 aliphatic rings. The maximum absolute atomic E-state index is 5.87. The average molecular weight is 247 g/mol. The molecule has 2 aromatic rings. The summed E-state index contributed by atoms with van der Waals surface area (Å²) >= 11 is 0. The van der Waals surface area contributed by atoms with Crippen LogP contribution in [-0.2, 0) is 4.74 Å². The molecule has 0 saturated carbocycles. The molecule has 3 rings (SSSR count). The van der Waals surface area contributed by atoms with Crippen LogP contribution in [0.4, 0.5) is 11.7 Å². The first-order valence-electron chi connectivity index (χ1n) is 6.17. The predicted molar refractivity (Wildman–Crippen MR) is 70.5 cm³/mol. The molecular formula is C13H17N3O2. The first kappa shape index (κ1) is 11.3. The molecule has 18 heavy (non-hydrogen) atoms. The molecule has 1 aliphatic heterocycles. The Bertz CT molecular complexity index is 558. The first-order valence-corrected chi connectivity index (χ1v) is 6.17. The second-order valence-electron chi connectivity index (χ2n) is 5.01. The van der Waals surface area contributed by atoms with Crippen molar-refractivity contribution in [3.8, 4) is 0 Å². The highest BCUT2D eigenvalue weighted by Gasteiger charge is 2.28. The Kier molecular flexibility index (Phi) is 2.63. The number of nitrogen functional groups attached to an aromatic ring is 1. The maximum atomic E-state index is 5.87. The van der Waals surface area contributed by atoms with Gasteiger partial charge in [0.25, 0.3) is 6.01 Å². The summed E-state index contributed by atoms with van der Waals surface area (Å²) < 4.78 is 11.0. The number of fused-ring (bicyclic) bond motifs is 1. The van der Waals surface area contributed by atoms with E-state index >= 15 is 0 Å². The topological polar surface area (TPSA) is 73.3 Å². The Labute approximate surface area is 105 Å². The third-order valence-corrected chi connectivity index (χ3v) is 3.46. The number of nitrogens with zero attached hydrogens (tertiary/aromatic N) is 1. The highest BCUT2D eigenvalue weighted by Crippen LogP contribution is 2.28. The smallest absolute Gasteiger partial charge is 0.296 e. The van der Waals surface area contributed by atoms with Gasteiger partial charge in [-0.15, -0.1) is 0 Å². The predicted octanol–water partition coefficient (Wildman–Crippen LogP) is 2.39. The minimum absolute atomic E-state index is 0.0200. The number of para-hydroxylation sites is 1. The van der Waals surface area contributed by atoms with E-state index in [0.29, 0.717) is 17.3 Å². The van der Waals surface area contributed by atoms with Gasteiger partial charge in [-0.1, -0.05) is 6.07 Å². The second kappa shape index (κ2) is 4.17. The van der Waals surface area contributed by atoms with Crippen molar-refractivity contribution in [1.82, 2.24) is 4.98 Å². The fraction of sp³-hybridized carbons (Fsp3) is 0.462. The summed E-state index contributed by atoms with van der Waals surface area (Å²) in [5.74, 6) is 0. The summed E-state index contributed by atoms with van der Waals surface area (Å²) in [4.78, 5) is 4.41. The largest absolute Gasteiger partial charge is 0.423 e. The van der Waals surface area contributed by atoms with E-state index in [1.807, 2.05) is 18.2 Å². The van der Waals surface area contributed by atoms with Crippen molar-refractivity contribution >= 4 is 22.8 Å². The van der Waals surface area contributed by atoms with Crippen LogP contribution in [0.25, 0.3) is 11.1 Å². The molecule has 1 fully saturated rings. The third kappa shape index (κ3) is 2.01. The van der Waals surface area contributed by atoms with Crippen LogP contribution >= 0.6 is 0 Å². The van der Waals surface area contributed by atoms with Gasteiger partial charge in [0.05, 0.1) is 5.69 Å². The molecule has 0 amide bonds. The van der Waals surface area contributed by atoms with Crippen molar-refractivity contribution in [3.63, 3.8) is 0 Å². The van der Waals surface area contributed by atoms with Gasteiger partial charge in [-0.05, 0) is 31.9 Å². The molecule has 0 unspecified atom stereocenters. The molecule has 5 heteroatoms. The standard InChI is InChI=1S/C13H17N3O2/c1-13(5-7-17-8-6-13)16-12-15-11-9(14)3-2-4-10(11)18-12/h2-4H,5-8,14H2,1H3,(H,15,16). The molecule has 5 nitrogen and oxygen atoms in total. The lowest BCUT2D eigenvalue weighted by atomic mass is 9.93. The molecule has 0 bridgehead atoms. The Morgan fingerprint density at radius 3 is 2.83 bits per heavy atom. The van der Waals surface area contributed by atoms with Crippen LogP contribution in [0.1, 0.15) is 19.8 Å². The van der Waals surface area contributed by atoms with Gasteiger partial charge in [-0.2, -0.15) is 4.98 Å². The Morgan fingerprint density at radius 2 is 2.11 bits per heavy atom. The zero-order valence-corrected chi connectivity index (χ0v) is 10.4. The van der Waals surface area contributed by atoms with Gasteiger partial charge in [-0.3, -0.25) is 0 Å². The van der Waals surface area contributed by atoms with Crippen LogP contribution < -0.4 is 11.1 Å². The molecule has 1 aromatic heterocycles. The monoisotopic (exact) mass is 247 g/mol. The molecule has 0 atom stereocenters. The molecule has 2 heterocycles. The van der Waals surface area contributed by atoms with Gasteiger partial charge < -0.3 is 20.2 Å². The number of anilines is 2. The molecule has 3 N–H and O–H groups in total. The van der Waals surface area contributed by atoms with E-state index in [-0.39, 0.29) is 5.54 Å². The van der Waals surface area contributed by atoms with Crippen molar-refractivity contribution in [2.45, 2.75) is 25.3 Å². The molecule has 1 saturated heterocycles. The van der Waals surface area contributed by atoms with Crippen LogP contribution in [0.5, 0.6) is 0 Å². The van der Waals surface area contributed by atoms with Gasteiger partial charge in [0.15, 0.2) is 5.58 Å². The maximum Gasteiger partial charge on any atom is 0.296 e. The number of rotatable bonds is 2. The van der Waals surface area contributed by atoms with Crippen LogP contribution in [-0.4, -0.2) is 23.7 Å². The SMILES string of the molecule is CC1(Nc2nc3c(N)cccc3o2)CCOCC1. The highest BCUT2D eigenvalue weighted by molar-refractivity contribution is 5.86. The lowest BCUT2D eigenvalue weighted by molar-refractivity contribution is 0.0651. The zero-order chi connectivity index (χ0) is 12.6. The summed E-state index contributed by atoms with van der Waals surface area (Å²) in [6.07, 6.45) is 1.89. The number of nitrogens with two attached hydrogens (primary N) is 1. The Hall–Kier alpha value is -1.75. The lowest BCUT2D eigenvalue weighted by Crippen LogP contribution is -2.40. The number of benzene rings is 1. The zero-order valence-electron chi connectivity index (χ0n) is 10.4. The first-order chi connectivity index (χ1) is 8.66. The lowest BCUT2D eigenvalue weighted by Gasteiger charge is -2.33. The Balaban J connectivity index is 1.88. The number of nitrogens with one attached hydrogen (secondary N) is 1. The van der Waals surface area contributed by atoms with Crippen molar-refractivity contribution in [2.24, 2.45) is 0 Å². The van der Waals surface area contributed by atoms with Crippen molar-refractivity contribution in [3.05, 3.63) is 18.2 Å². The fourth-order valence-electron chi connectivity index (χ4n) is 2.23. The average Bonchev–Trinajstić information content (AvgIpc) is 2.73. The van der Waals surface area contributed by atoms with E-state index in [1.165, 1.54) is 0 Å². The van der Waals surface area contributed by atoms with Crippen molar-refractivity contribution in [2.75, 3.05) is 24.3 Å². The molecule has 96 valence electrons. The fourth-order valence-corrected chi connectivity index (χ4v) is 2.23. The van der Waals surface area contributed by atoms with E-state index in [0.717, 1.165) is 31.6 Å². The molecule has 0 aliphatic carbocycles. The van der Waals surface area contributed by atoms with Gasteiger partial charge in [0.1, 0.15) is 5.52 Å². The van der Waals surface area contributed by atoms with Crippen LogP contribution in [0.2, 0.25) is 0 Å². The number of oxazole rings is 1. The van der Waals surface area contributed by atoms with Gasteiger partial charge in [-0.25, -0.2) is 0 Å². The summed E-state index contributed by atoms with van der Waals surface area (Å²) in [5, 5.41) is 3.36. The summed E-state index contributed by atoms with van der Waals surface area (Å²) in [7, 11) is 0. The van der Waals surface area contributed by atoms with E-state index < -0.39 is 0 Å². The molecule has 1 aromatic carbocycles. The third-order valence-electron chi connectivity index (χ3n) is 3.46. The van der Waals surface area contributed by atoms with Gasteiger partial charge >= 0.3 is 0 Å². The summed E-state index contributed by atoms with van der Waals surface area (Å²) in [6, 6.07) is 6.09. The quantitative estimate of drug-likeness (QED) is 0.797. The van der Waals surface area contributed by atoms with E-state index in [9.17, 15) is 0 Å². The number of ether oxygens (including phenoxy) is 1. The van der Waals surface area contributed by atoms with Crippen LogP contribution in [0.3, 0.4) is 0 Å². The number of aromatic nitrogens is 1. The van der Waals surface area contributed by atoms with Gasteiger partial charge in [0.2, 0.25) is 0 Å². The summed E-state index contributed by atoms with van der Waals surface area (Å²) in [5.41, 5.74) is 7.92. The van der Waals surface area contributed by atoms with Crippen LogP contribution in [0.15, 0.2) is 22.6 Å². The van der Waals surface area contributed by atoms with E-state index in [2.05, 4.69) is 17.2 Å². The minimum Gasteiger partial charge on any atom is -0.423 e. The van der Waals surface area contributed by atoms with Crippen molar-refractivity contribution < 1.29 is 9.15 Å². The number of hydrogen-bond donors (Lipinski definition) is 2. The van der Waals surface area contributed by atoms with Gasteiger partial charge in [0, 0.05) is 18.8 Å². The van der Waals surface area contributed by atoms with E-state index in [4.69, 9.17) is 14.9 Å². The highest BCUT2D eigenvalue weighted by atomic mass is 16.5. The number of hydrogen-bond acceptors (Lipinski definition) is 5. The summed E-state index contributed by atoms with van der Waals surface area (Å²) in [6.45, 7) is 3.70. The van der Waals surface area contributed by atoms with E-state index in [1.54, 1.807) is 0 Å². The molecule has 0 radical (unpaired) electrons. The molecule has 0 spiro atoms. The normalized spacial score (nSPS) is 18.9. The van der Waals surface area contributed by atoms with Crippen molar-refractivity contribution in [1.29, 1.82) is 0 Å². The second-order valence-corrected chi connectivity index (χ2v) is 5.01. The van der Waals surface area contributed by atoms with Crippen LogP contribution in [0, 0.1) is 0 Å². The minimum atomic E-state index is -0.0200. The molecular weight excluding hydrogens is 230 g/mol. The Morgan fingerprint density at radius 1 is 1.33 bits per heavy atom.